The van der Waals surface area contributed by atoms with Crippen molar-refractivity contribution >= 4 is 11.3 Å². The van der Waals surface area contributed by atoms with Gasteiger partial charge in [0, 0.05) is 17.8 Å². The molecule has 0 aliphatic heterocycles. The topological polar surface area (TPSA) is 73.3 Å². The summed E-state index contributed by atoms with van der Waals surface area (Å²) >= 11 is 0. The molecule has 0 saturated carbocycles. The summed E-state index contributed by atoms with van der Waals surface area (Å²) in [4.78, 5) is 14.2. The second-order valence-corrected chi connectivity index (χ2v) is 4.40. The Kier molecular flexibility index (Phi) is 3.05. The van der Waals surface area contributed by atoms with Crippen molar-refractivity contribution < 1.29 is 18.1 Å². The minimum absolute atomic E-state index is 0.112. The molecule has 0 unspecified atom stereocenters. The standard InChI is InChI=1S/C13H7F3N4O2/c14-13(15,16)9-5-2-1-4-8(9)11-17-12-10(20(21)22)6-3-7-19(12)18-11/h1-7H. The molecule has 0 atom stereocenters. The quantitative estimate of drug-likeness (QED) is 0.537. The highest BCUT2D eigenvalue weighted by Gasteiger charge is 2.34. The van der Waals surface area contributed by atoms with Crippen molar-refractivity contribution in [2.75, 3.05) is 0 Å². The van der Waals surface area contributed by atoms with Crippen molar-refractivity contribution in [2.24, 2.45) is 0 Å². The fourth-order valence-corrected chi connectivity index (χ4v) is 2.07. The van der Waals surface area contributed by atoms with Crippen LogP contribution in [0.2, 0.25) is 0 Å². The second kappa shape index (κ2) is 4.79. The molecule has 2 heterocycles. The molecular weight excluding hydrogens is 301 g/mol. The molecule has 0 amide bonds. The third-order valence-electron chi connectivity index (χ3n) is 3.01. The number of hydrogen-bond donors (Lipinski definition) is 0. The van der Waals surface area contributed by atoms with E-state index < -0.39 is 16.7 Å². The minimum atomic E-state index is -4.57. The van der Waals surface area contributed by atoms with E-state index in [-0.39, 0.29) is 22.7 Å². The van der Waals surface area contributed by atoms with Crippen molar-refractivity contribution in [3.8, 4) is 11.4 Å². The molecule has 9 heteroatoms. The number of nitro groups is 1. The van der Waals surface area contributed by atoms with Crippen molar-refractivity contribution in [1.82, 2.24) is 14.6 Å². The van der Waals surface area contributed by atoms with Gasteiger partial charge in [-0.15, -0.1) is 5.10 Å². The third kappa shape index (κ3) is 2.26. The van der Waals surface area contributed by atoms with Crippen LogP contribution in [0, 0.1) is 10.1 Å². The van der Waals surface area contributed by atoms with E-state index in [4.69, 9.17) is 0 Å². The Morgan fingerprint density at radius 1 is 1.14 bits per heavy atom. The average molecular weight is 308 g/mol. The van der Waals surface area contributed by atoms with Gasteiger partial charge in [0.05, 0.1) is 10.5 Å². The summed E-state index contributed by atoms with van der Waals surface area (Å²) < 4.78 is 40.2. The van der Waals surface area contributed by atoms with Gasteiger partial charge in [0.1, 0.15) is 0 Å². The van der Waals surface area contributed by atoms with E-state index >= 15 is 0 Å². The Bertz CT molecular complexity index is 873. The smallest absolute Gasteiger partial charge is 0.258 e. The van der Waals surface area contributed by atoms with Gasteiger partial charge in [0.2, 0.25) is 5.65 Å². The van der Waals surface area contributed by atoms with Gasteiger partial charge < -0.3 is 0 Å². The van der Waals surface area contributed by atoms with E-state index in [9.17, 15) is 23.3 Å². The average Bonchev–Trinajstić information content (AvgIpc) is 2.89. The number of fused-ring (bicyclic) bond motifs is 1. The Hall–Kier alpha value is -2.97. The summed E-state index contributed by atoms with van der Waals surface area (Å²) in [7, 11) is 0. The molecule has 1 aromatic carbocycles. The van der Waals surface area contributed by atoms with Crippen LogP contribution in [0.3, 0.4) is 0 Å². The maximum absolute atomic E-state index is 13.0. The number of hydrogen-bond acceptors (Lipinski definition) is 4. The molecule has 0 spiro atoms. The van der Waals surface area contributed by atoms with E-state index in [1.807, 2.05) is 0 Å². The molecule has 0 fully saturated rings. The number of halogens is 3. The first-order chi connectivity index (χ1) is 10.4. The Morgan fingerprint density at radius 2 is 1.86 bits per heavy atom. The summed E-state index contributed by atoms with van der Waals surface area (Å²) in [5.41, 5.74) is -1.56. The van der Waals surface area contributed by atoms with Crippen molar-refractivity contribution in [3.05, 3.63) is 58.3 Å². The summed E-state index contributed by atoms with van der Waals surface area (Å²) in [6, 6.07) is 7.40. The first-order valence-electron chi connectivity index (χ1n) is 6.04. The zero-order valence-electron chi connectivity index (χ0n) is 10.8. The number of pyridine rings is 1. The highest BCUT2D eigenvalue weighted by Crippen LogP contribution is 2.36. The molecule has 22 heavy (non-hydrogen) atoms. The number of aromatic nitrogens is 3. The van der Waals surface area contributed by atoms with Crippen molar-refractivity contribution in [3.63, 3.8) is 0 Å². The predicted octanol–water partition coefficient (Wildman–Crippen LogP) is 3.32. The predicted molar refractivity (Wildman–Crippen MR) is 70.1 cm³/mol. The van der Waals surface area contributed by atoms with Gasteiger partial charge in [-0.3, -0.25) is 10.1 Å². The first kappa shape index (κ1) is 14.0. The maximum Gasteiger partial charge on any atom is 0.417 e. The lowest BCUT2D eigenvalue weighted by Crippen LogP contribution is -2.07. The van der Waals surface area contributed by atoms with Gasteiger partial charge in [-0.2, -0.15) is 13.2 Å². The number of benzene rings is 1. The van der Waals surface area contributed by atoms with Crippen LogP contribution in [0.1, 0.15) is 5.56 Å². The lowest BCUT2D eigenvalue weighted by atomic mass is 10.1. The molecule has 0 saturated heterocycles. The molecule has 3 rings (SSSR count). The lowest BCUT2D eigenvalue weighted by molar-refractivity contribution is -0.383. The van der Waals surface area contributed by atoms with Crippen LogP contribution in [-0.4, -0.2) is 19.5 Å². The van der Waals surface area contributed by atoms with Gasteiger partial charge >= 0.3 is 11.9 Å². The van der Waals surface area contributed by atoms with E-state index in [0.717, 1.165) is 10.6 Å². The summed E-state index contributed by atoms with van der Waals surface area (Å²) in [5, 5.41) is 14.8. The normalized spacial score (nSPS) is 11.8. The van der Waals surface area contributed by atoms with Crippen molar-refractivity contribution in [1.29, 1.82) is 0 Å². The van der Waals surface area contributed by atoms with Crippen LogP contribution in [0.25, 0.3) is 17.0 Å². The molecule has 0 radical (unpaired) electrons. The molecule has 0 aliphatic rings. The van der Waals surface area contributed by atoms with Crippen LogP contribution in [0.15, 0.2) is 42.6 Å². The van der Waals surface area contributed by atoms with Crippen LogP contribution >= 0.6 is 0 Å². The highest BCUT2D eigenvalue weighted by molar-refractivity contribution is 5.67. The molecule has 6 nitrogen and oxygen atoms in total. The first-order valence-corrected chi connectivity index (χ1v) is 6.04. The van der Waals surface area contributed by atoms with Gasteiger partial charge in [-0.05, 0) is 12.1 Å². The van der Waals surface area contributed by atoms with Crippen LogP contribution < -0.4 is 0 Å². The summed E-state index contributed by atoms with van der Waals surface area (Å²) in [6.45, 7) is 0. The van der Waals surface area contributed by atoms with Crippen molar-refractivity contribution in [2.45, 2.75) is 6.18 Å². The Labute approximate surface area is 121 Å². The largest absolute Gasteiger partial charge is 0.417 e. The van der Waals surface area contributed by atoms with Gasteiger partial charge in [-0.25, -0.2) is 9.50 Å². The molecular formula is C13H7F3N4O2. The number of rotatable bonds is 2. The minimum Gasteiger partial charge on any atom is -0.258 e. The second-order valence-electron chi connectivity index (χ2n) is 4.40. The zero-order valence-corrected chi connectivity index (χ0v) is 10.8. The molecule has 0 aliphatic carbocycles. The third-order valence-corrected chi connectivity index (χ3v) is 3.01. The molecule has 112 valence electrons. The van der Waals surface area contributed by atoms with Gasteiger partial charge in [0.15, 0.2) is 5.82 Å². The fourth-order valence-electron chi connectivity index (χ4n) is 2.07. The fraction of sp³-hybridized carbons (Fsp3) is 0.0769. The summed E-state index contributed by atoms with van der Waals surface area (Å²) in [5.74, 6) is -0.220. The van der Waals surface area contributed by atoms with E-state index in [1.54, 1.807) is 0 Å². The maximum atomic E-state index is 13.0. The van der Waals surface area contributed by atoms with Gasteiger partial charge in [0.25, 0.3) is 0 Å². The molecule has 2 aromatic heterocycles. The van der Waals surface area contributed by atoms with Crippen LogP contribution in [0.5, 0.6) is 0 Å². The van der Waals surface area contributed by atoms with Crippen LogP contribution in [-0.2, 0) is 6.18 Å². The number of alkyl halides is 3. The zero-order chi connectivity index (χ0) is 15.9. The van der Waals surface area contributed by atoms with Gasteiger partial charge in [-0.1, -0.05) is 18.2 Å². The molecule has 0 N–H and O–H groups in total. The molecule has 0 bridgehead atoms. The Morgan fingerprint density at radius 3 is 2.55 bits per heavy atom. The van der Waals surface area contributed by atoms with E-state index in [1.165, 1.54) is 36.5 Å². The summed E-state index contributed by atoms with van der Waals surface area (Å²) in [6.07, 6.45) is -3.19. The van der Waals surface area contributed by atoms with E-state index in [0.29, 0.717) is 0 Å². The lowest BCUT2D eigenvalue weighted by Gasteiger charge is -2.09. The molecule has 3 aromatic rings. The Balaban J connectivity index is 2.25. The highest BCUT2D eigenvalue weighted by atomic mass is 19.4. The SMILES string of the molecule is O=[N+]([O-])c1cccn2nc(-c3ccccc3C(F)(F)F)nc12. The number of nitrogens with zero attached hydrogens (tertiary/aromatic N) is 4. The monoisotopic (exact) mass is 308 g/mol. The van der Waals surface area contributed by atoms with E-state index in [2.05, 4.69) is 10.1 Å². The van der Waals surface area contributed by atoms with Crippen LogP contribution in [0.4, 0.5) is 18.9 Å².